The Hall–Kier alpha value is -3.02. The Bertz CT molecular complexity index is 1040. The van der Waals surface area contributed by atoms with Gasteiger partial charge in [0.1, 0.15) is 11.3 Å². The third-order valence-electron chi connectivity index (χ3n) is 5.13. The zero-order valence-electron chi connectivity index (χ0n) is 17.5. The van der Waals surface area contributed by atoms with Crippen LogP contribution < -0.4 is 24.6 Å². The van der Waals surface area contributed by atoms with Crippen molar-refractivity contribution in [2.45, 2.75) is 4.90 Å². The fraction of sp³-hybridized carbons (Fsp3) is 0.350. The molecule has 0 saturated carbocycles. The number of sulfonamides is 1. The Labute approximate surface area is 182 Å². The molecule has 0 aromatic heterocycles. The maximum Gasteiger partial charge on any atom is 0.279 e. The van der Waals surface area contributed by atoms with Gasteiger partial charge in [0, 0.05) is 33.3 Å². The molecule has 1 fully saturated rings. The van der Waals surface area contributed by atoms with Crippen molar-refractivity contribution in [2.24, 2.45) is 0 Å². The molecular weight excluding hydrogens is 426 g/mol. The molecule has 0 atom stereocenters. The average molecular weight is 454 g/mol. The van der Waals surface area contributed by atoms with Crippen molar-refractivity contribution in [3.05, 3.63) is 42.0 Å². The summed E-state index contributed by atoms with van der Waals surface area (Å²) in [6, 6.07) is 10.2. The van der Waals surface area contributed by atoms with Crippen molar-refractivity contribution >= 4 is 21.6 Å². The van der Waals surface area contributed by atoms with Gasteiger partial charge >= 0.3 is 0 Å². The van der Waals surface area contributed by atoms with Crippen molar-refractivity contribution in [3.63, 3.8) is 0 Å². The molecule has 1 aliphatic heterocycles. The smallest absolute Gasteiger partial charge is 0.279 e. The molecule has 11 heteroatoms. The van der Waals surface area contributed by atoms with Crippen LogP contribution in [0, 0.1) is 0 Å². The van der Waals surface area contributed by atoms with Crippen LogP contribution in [0.25, 0.3) is 0 Å². The van der Waals surface area contributed by atoms with Crippen molar-refractivity contribution in [1.82, 2.24) is 9.79 Å². The van der Waals surface area contributed by atoms with Crippen molar-refractivity contribution in [3.8, 4) is 17.2 Å². The molecule has 2 aromatic carbocycles. The first kappa shape index (κ1) is 22.7. The summed E-state index contributed by atoms with van der Waals surface area (Å²) in [4.78, 5) is 14.1. The Balaban J connectivity index is 0.00000363. The van der Waals surface area contributed by atoms with Crippen LogP contribution in [0.5, 0.6) is 17.2 Å². The summed E-state index contributed by atoms with van der Waals surface area (Å²) in [5.74, 6) is -0.171. The summed E-state index contributed by atoms with van der Waals surface area (Å²) in [5, 5.41) is 9.15. The molecule has 10 nitrogen and oxygen atoms in total. The van der Waals surface area contributed by atoms with E-state index >= 15 is 0 Å². The molecule has 1 heterocycles. The van der Waals surface area contributed by atoms with Crippen LogP contribution in [0.4, 0.5) is 5.69 Å². The maximum atomic E-state index is 13.4. The summed E-state index contributed by atoms with van der Waals surface area (Å²) in [6.07, 6.45) is 0. The largest absolute Gasteiger partial charge is 0.497 e. The number of nitrogens with zero attached hydrogens (tertiary/aromatic N) is 2. The molecule has 3 rings (SSSR count). The maximum absolute atomic E-state index is 13.4. The van der Waals surface area contributed by atoms with Gasteiger partial charge in [0.2, 0.25) is 10.0 Å². The Morgan fingerprint density at radius 2 is 1.61 bits per heavy atom. The first-order valence-corrected chi connectivity index (χ1v) is 10.9. The van der Waals surface area contributed by atoms with Crippen molar-refractivity contribution in [2.75, 3.05) is 52.4 Å². The van der Waals surface area contributed by atoms with E-state index in [2.05, 4.69) is 4.90 Å². The van der Waals surface area contributed by atoms with Crippen LogP contribution in [-0.4, -0.2) is 71.3 Å². The lowest BCUT2D eigenvalue weighted by molar-refractivity contribution is 0.0698. The monoisotopic (exact) mass is 453 g/mol. The highest BCUT2D eigenvalue weighted by atomic mass is 32.2. The average Bonchev–Trinajstić information content (AvgIpc) is 2.82. The number of benzene rings is 2. The minimum Gasteiger partial charge on any atom is -0.497 e. The van der Waals surface area contributed by atoms with E-state index in [-0.39, 0.29) is 36.5 Å². The van der Waals surface area contributed by atoms with Gasteiger partial charge in [-0.1, -0.05) is 0 Å². The second-order valence-electron chi connectivity index (χ2n) is 6.70. The topological polar surface area (TPSA) is 118 Å². The fourth-order valence-electron chi connectivity index (χ4n) is 3.51. The van der Waals surface area contributed by atoms with Crippen LogP contribution in [0.3, 0.4) is 0 Å². The van der Waals surface area contributed by atoms with Gasteiger partial charge < -0.3 is 19.1 Å². The molecule has 2 aromatic rings. The van der Waals surface area contributed by atoms with Gasteiger partial charge in [0.15, 0.2) is 11.5 Å². The summed E-state index contributed by atoms with van der Waals surface area (Å²) < 4.78 is 43.5. The van der Waals surface area contributed by atoms with Crippen molar-refractivity contribution < 1.29 is 34.1 Å². The van der Waals surface area contributed by atoms with E-state index in [0.717, 1.165) is 11.4 Å². The van der Waals surface area contributed by atoms with Crippen LogP contribution in [-0.2, 0) is 10.0 Å². The SMILES string of the molecule is COc1ccc(N2CCN(S(=O)(=O)c3ccc(OC)c(OC)c3C(=O)NO)CC2)cc1.[HH]. The number of amides is 1. The van der Waals surface area contributed by atoms with Gasteiger partial charge in [-0.25, -0.2) is 13.9 Å². The van der Waals surface area contributed by atoms with E-state index in [1.165, 1.54) is 36.1 Å². The highest BCUT2D eigenvalue weighted by Gasteiger charge is 2.34. The molecule has 1 aliphatic rings. The van der Waals surface area contributed by atoms with E-state index in [0.29, 0.717) is 13.1 Å². The predicted molar refractivity (Wildman–Crippen MR) is 115 cm³/mol. The first-order chi connectivity index (χ1) is 14.9. The Morgan fingerprint density at radius 3 is 2.13 bits per heavy atom. The lowest BCUT2D eigenvalue weighted by Gasteiger charge is -2.35. The van der Waals surface area contributed by atoms with Gasteiger partial charge in [-0.15, -0.1) is 0 Å². The summed E-state index contributed by atoms with van der Waals surface area (Å²) in [6.45, 7) is 1.40. The molecule has 0 radical (unpaired) electrons. The number of piperazine rings is 1. The van der Waals surface area contributed by atoms with Gasteiger partial charge in [-0.3, -0.25) is 10.0 Å². The van der Waals surface area contributed by atoms with E-state index in [1.807, 2.05) is 24.3 Å². The number of hydrogen-bond acceptors (Lipinski definition) is 8. The summed E-state index contributed by atoms with van der Waals surface area (Å²) >= 11 is 0. The lowest BCUT2D eigenvalue weighted by atomic mass is 10.1. The third-order valence-corrected chi connectivity index (χ3v) is 7.07. The molecule has 0 bridgehead atoms. The van der Waals surface area contributed by atoms with E-state index in [1.54, 1.807) is 7.11 Å². The normalized spacial score (nSPS) is 14.8. The van der Waals surface area contributed by atoms with E-state index < -0.39 is 15.9 Å². The molecule has 2 N–H and O–H groups in total. The van der Waals surface area contributed by atoms with E-state index in [4.69, 9.17) is 19.4 Å². The second-order valence-corrected chi connectivity index (χ2v) is 8.61. The highest BCUT2D eigenvalue weighted by Crippen LogP contribution is 2.37. The fourth-order valence-corrected chi connectivity index (χ4v) is 5.12. The third kappa shape index (κ3) is 4.38. The Kier molecular flexibility index (Phi) is 6.88. The van der Waals surface area contributed by atoms with Crippen LogP contribution in [0.1, 0.15) is 11.8 Å². The number of ether oxygens (including phenoxy) is 3. The number of anilines is 1. The molecule has 1 saturated heterocycles. The number of hydrogen-bond donors (Lipinski definition) is 2. The number of carbonyl (C=O) groups is 1. The van der Waals surface area contributed by atoms with Gasteiger partial charge in [0.25, 0.3) is 5.91 Å². The summed E-state index contributed by atoms with van der Waals surface area (Å²) in [5.41, 5.74) is 2.13. The second kappa shape index (κ2) is 9.41. The van der Waals surface area contributed by atoms with Crippen LogP contribution in [0.15, 0.2) is 41.3 Å². The van der Waals surface area contributed by atoms with Crippen LogP contribution in [0.2, 0.25) is 0 Å². The standard InChI is InChI=1S/C20H25N3O7S.H2/c1-28-15-6-4-14(5-7-15)22-10-12-23(13-11-22)31(26,27)17-9-8-16(29-2)19(30-3)18(17)20(24)21-25;/h4-9,25H,10-13H2,1-3H3,(H,21,24);1H. The van der Waals surface area contributed by atoms with Gasteiger partial charge in [0.05, 0.1) is 26.2 Å². The van der Waals surface area contributed by atoms with Crippen LogP contribution >= 0.6 is 0 Å². The van der Waals surface area contributed by atoms with Gasteiger partial charge in [-0.05, 0) is 36.4 Å². The molecule has 170 valence electrons. The number of carbonyl (C=O) groups excluding carboxylic acids is 1. The molecule has 1 amide bonds. The van der Waals surface area contributed by atoms with Gasteiger partial charge in [-0.2, -0.15) is 4.31 Å². The molecular formula is C20H27N3O7S. The zero-order chi connectivity index (χ0) is 22.6. The highest BCUT2D eigenvalue weighted by molar-refractivity contribution is 7.89. The molecule has 0 aliphatic carbocycles. The number of hydroxylamine groups is 1. The quantitative estimate of drug-likeness (QED) is 0.479. The minimum atomic E-state index is -4.04. The Morgan fingerprint density at radius 1 is 0.968 bits per heavy atom. The molecule has 0 unspecified atom stereocenters. The summed E-state index contributed by atoms with van der Waals surface area (Å²) in [7, 11) is 0.207. The number of rotatable bonds is 7. The van der Waals surface area contributed by atoms with Crippen molar-refractivity contribution in [1.29, 1.82) is 0 Å². The predicted octanol–water partition coefficient (Wildman–Crippen LogP) is 1.59. The number of nitrogens with one attached hydrogen (secondary N) is 1. The zero-order valence-corrected chi connectivity index (χ0v) is 18.3. The van der Waals surface area contributed by atoms with E-state index in [9.17, 15) is 13.2 Å². The molecule has 31 heavy (non-hydrogen) atoms. The lowest BCUT2D eigenvalue weighted by Crippen LogP contribution is -2.49. The first-order valence-electron chi connectivity index (χ1n) is 9.46. The minimum absolute atomic E-state index is 0. The molecule has 0 spiro atoms. The number of methoxy groups -OCH3 is 3.